The van der Waals surface area contributed by atoms with Gasteiger partial charge in [0.1, 0.15) is 5.01 Å². The van der Waals surface area contributed by atoms with Crippen molar-refractivity contribution < 1.29 is 14.3 Å². The molecule has 7 nitrogen and oxygen atoms in total. The Balaban J connectivity index is 1.57. The molecule has 2 aromatic heterocycles. The summed E-state index contributed by atoms with van der Waals surface area (Å²) in [5.74, 6) is -0.885. The number of anilines is 1. The fourth-order valence-corrected chi connectivity index (χ4v) is 3.66. The van der Waals surface area contributed by atoms with Crippen molar-refractivity contribution in [3.63, 3.8) is 0 Å². The zero-order valence-corrected chi connectivity index (χ0v) is 18.0. The van der Waals surface area contributed by atoms with Crippen LogP contribution in [-0.2, 0) is 27.8 Å². The second-order valence-corrected chi connectivity index (χ2v) is 7.84. The molecule has 152 valence electrons. The van der Waals surface area contributed by atoms with E-state index in [9.17, 15) is 9.59 Å². The van der Waals surface area contributed by atoms with Crippen molar-refractivity contribution in [2.45, 2.75) is 40.2 Å². The van der Waals surface area contributed by atoms with Gasteiger partial charge in [0.2, 0.25) is 0 Å². The van der Waals surface area contributed by atoms with Crippen molar-refractivity contribution in [2.75, 3.05) is 5.32 Å². The Hall–Kier alpha value is -3.00. The van der Waals surface area contributed by atoms with Crippen LogP contribution in [0.2, 0.25) is 0 Å². The van der Waals surface area contributed by atoms with Gasteiger partial charge in [-0.1, -0.05) is 29.8 Å². The standard InChI is InChI=1S/C21H24N4O3S/c1-12-6-8-16(9-7-12)21-22-17(11-29-21)10-18(26)28-15(4)20(27)23-19-13(2)24-25(5)14(19)3/h6-9,11,15H,10H2,1-5H3,(H,23,27)/t15-/m1/s1. The third-order valence-corrected chi connectivity index (χ3v) is 5.55. The summed E-state index contributed by atoms with van der Waals surface area (Å²) in [6.45, 7) is 7.25. The number of thiazole rings is 1. The van der Waals surface area contributed by atoms with Crippen LogP contribution in [0.5, 0.6) is 0 Å². The van der Waals surface area contributed by atoms with Crippen molar-refractivity contribution in [1.29, 1.82) is 0 Å². The van der Waals surface area contributed by atoms with Crippen molar-refractivity contribution in [2.24, 2.45) is 7.05 Å². The Morgan fingerprint density at radius 2 is 1.90 bits per heavy atom. The molecule has 1 amide bonds. The van der Waals surface area contributed by atoms with Gasteiger partial charge in [-0.3, -0.25) is 14.3 Å². The van der Waals surface area contributed by atoms with Crippen molar-refractivity contribution in [1.82, 2.24) is 14.8 Å². The van der Waals surface area contributed by atoms with Crippen LogP contribution >= 0.6 is 11.3 Å². The average molecular weight is 413 g/mol. The van der Waals surface area contributed by atoms with E-state index in [4.69, 9.17) is 4.74 Å². The predicted molar refractivity (Wildman–Crippen MR) is 113 cm³/mol. The number of amides is 1. The first-order valence-corrected chi connectivity index (χ1v) is 10.1. The van der Waals surface area contributed by atoms with Crippen LogP contribution in [0.15, 0.2) is 29.6 Å². The highest BCUT2D eigenvalue weighted by molar-refractivity contribution is 7.13. The highest BCUT2D eigenvalue weighted by atomic mass is 32.1. The molecule has 0 aliphatic carbocycles. The molecule has 1 N–H and O–H groups in total. The van der Waals surface area contributed by atoms with Gasteiger partial charge in [0.25, 0.3) is 5.91 Å². The molecule has 3 rings (SSSR count). The summed E-state index contributed by atoms with van der Waals surface area (Å²) in [6.07, 6.45) is -0.901. The van der Waals surface area contributed by atoms with Crippen LogP contribution in [-0.4, -0.2) is 32.7 Å². The monoisotopic (exact) mass is 412 g/mol. The van der Waals surface area contributed by atoms with Crippen molar-refractivity contribution >= 4 is 28.9 Å². The van der Waals surface area contributed by atoms with Gasteiger partial charge in [0, 0.05) is 18.0 Å². The van der Waals surface area contributed by atoms with Gasteiger partial charge < -0.3 is 10.1 Å². The molecule has 0 aliphatic rings. The number of esters is 1. The van der Waals surface area contributed by atoms with Gasteiger partial charge in [-0.05, 0) is 27.7 Å². The molecule has 3 aromatic rings. The number of ether oxygens (including phenoxy) is 1. The maximum Gasteiger partial charge on any atom is 0.312 e. The number of rotatable bonds is 6. The second kappa shape index (κ2) is 8.57. The number of aryl methyl sites for hydroxylation is 3. The van der Waals surface area contributed by atoms with Gasteiger partial charge in [0.05, 0.1) is 29.2 Å². The summed E-state index contributed by atoms with van der Waals surface area (Å²) in [6, 6.07) is 8.06. The molecule has 0 spiro atoms. The molecule has 0 bridgehead atoms. The number of benzene rings is 1. The number of hydrogen-bond acceptors (Lipinski definition) is 6. The molecule has 8 heteroatoms. The second-order valence-electron chi connectivity index (χ2n) is 6.98. The first-order chi connectivity index (χ1) is 13.7. The minimum Gasteiger partial charge on any atom is -0.452 e. The molecule has 29 heavy (non-hydrogen) atoms. The molecular weight excluding hydrogens is 388 g/mol. The van der Waals surface area contributed by atoms with Crippen LogP contribution in [0.3, 0.4) is 0 Å². The maximum atomic E-state index is 12.4. The van der Waals surface area contributed by atoms with E-state index in [1.807, 2.05) is 50.4 Å². The fourth-order valence-electron chi connectivity index (χ4n) is 2.84. The fraction of sp³-hybridized carbons (Fsp3) is 0.333. The van der Waals surface area contributed by atoms with Gasteiger partial charge in [0.15, 0.2) is 6.10 Å². The number of hydrogen-bond donors (Lipinski definition) is 1. The minimum atomic E-state index is -0.920. The predicted octanol–water partition coefficient (Wildman–Crippen LogP) is 3.58. The van der Waals surface area contributed by atoms with Crippen molar-refractivity contribution in [3.8, 4) is 10.6 Å². The quantitative estimate of drug-likeness (QED) is 0.626. The van der Waals surface area contributed by atoms with Crippen LogP contribution in [0.25, 0.3) is 10.6 Å². The summed E-state index contributed by atoms with van der Waals surface area (Å²) in [7, 11) is 1.81. The van der Waals surface area contributed by atoms with E-state index in [0.717, 1.165) is 16.3 Å². The van der Waals surface area contributed by atoms with Crippen LogP contribution in [0.4, 0.5) is 5.69 Å². The van der Waals surface area contributed by atoms with Gasteiger partial charge in [-0.2, -0.15) is 5.10 Å². The highest BCUT2D eigenvalue weighted by Crippen LogP contribution is 2.24. The summed E-state index contributed by atoms with van der Waals surface area (Å²) < 4.78 is 6.98. The minimum absolute atomic E-state index is 0.0188. The van der Waals surface area contributed by atoms with Crippen LogP contribution < -0.4 is 5.32 Å². The molecule has 0 saturated carbocycles. The summed E-state index contributed by atoms with van der Waals surface area (Å²) in [4.78, 5) is 29.1. The molecule has 0 fully saturated rings. The molecular formula is C21H24N4O3S. The molecule has 1 atom stereocenters. The van der Waals surface area contributed by atoms with Crippen LogP contribution in [0.1, 0.15) is 29.6 Å². The summed E-state index contributed by atoms with van der Waals surface area (Å²) >= 11 is 1.48. The Morgan fingerprint density at radius 1 is 1.21 bits per heavy atom. The molecule has 0 radical (unpaired) electrons. The number of aromatic nitrogens is 3. The maximum absolute atomic E-state index is 12.4. The number of nitrogens with one attached hydrogen (secondary N) is 1. The Morgan fingerprint density at radius 3 is 2.52 bits per heavy atom. The first-order valence-electron chi connectivity index (χ1n) is 9.26. The SMILES string of the molecule is Cc1ccc(-c2nc(CC(=O)O[C@H](C)C(=O)Nc3c(C)nn(C)c3C)cs2)cc1. The van der Waals surface area contributed by atoms with Gasteiger partial charge in [-0.25, -0.2) is 4.98 Å². The molecule has 2 heterocycles. The van der Waals surface area contributed by atoms with Crippen LogP contribution in [0, 0.1) is 20.8 Å². The summed E-state index contributed by atoms with van der Waals surface area (Å²) in [5, 5.41) is 9.73. The largest absolute Gasteiger partial charge is 0.452 e. The first kappa shape index (κ1) is 20.7. The van der Waals surface area contributed by atoms with Crippen molar-refractivity contribution in [3.05, 3.63) is 52.3 Å². The summed E-state index contributed by atoms with van der Waals surface area (Å²) in [5.41, 5.74) is 5.00. The van der Waals surface area contributed by atoms with E-state index in [2.05, 4.69) is 15.4 Å². The Bertz CT molecular complexity index is 1040. The van der Waals surface area contributed by atoms with Gasteiger partial charge >= 0.3 is 5.97 Å². The number of carbonyl (C=O) groups is 2. The lowest BCUT2D eigenvalue weighted by Gasteiger charge is -2.13. The third kappa shape index (κ3) is 4.89. The number of nitrogens with zero attached hydrogens (tertiary/aromatic N) is 3. The molecule has 0 aliphatic heterocycles. The Kier molecular flexibility index (Phi) is 6.12. The molecule has 1 aromatic carbocycles. The molecule has 0 saturated heterocycles. The normalized spacial score (nSPS) is 11.9. The lowest BCUT2D eigenvalue weighted by molar-refractivity contribution is -0.152. The topological polar surface area (TPSA) is 86.1 Å². The van der Waals surface area contributed by atoms with E-state index >= 15 is 0 Å². The zero-order chi connectivity index (χ0) is 21.1. The van der Waals surface area contributed by atoms with E-state index in [-0.39, 0.29) is 6.42 Å². The van der Waals surface area contributed by atoms with Gasteiger partial charge in [-0.15, -0.1) is 11.3 Å². The van der Waals surface area contributed by atoms with E-state index in [1.54, 1.807) is 18.7 Å². The zero-order valence-electron chi connectivity index (χ0n) is 17.1. The van der Waals surface area contributed by atoms with E-state index in [1.165, 1.54) is 16.9 Å². The van der Waals surface area contributed by atoms with E-state index in [0.29, 0.717) is 17.1 Å². The average Bonchev–Trinajstić information content (AvgIpc) is 3.22. The smallest absolute Gasteiger partial charge is 0.312 e. The third-order valence-electron chi connectivity index (χ3n) is 4.61. The van der Waals surface area contributed by atoms with E-state index < -0.39 is 18.0 Å². The highest BCUT2D eigenvalue weighted by Gasteiger charge is 2.21. The Labute approximate surface area is 173 Å². The lowest BCUT2D eigenvalue weighted by atomic mass is 10.2. The lowest BCUT2D eigenvalue weighted by Crippen LogP contribution is -2.30. The molecule has 0 unspecified atom stereocenters. The number of carbonyl (C=O) groups excluding carboxylic acids is 2.